The van der Waals surface area contributed by atoms with Crippen molar-refractivity contribution in [3.05, 3.63) is 78.4 Å². The molecule has 0 bridgehead atoms. The molecule has 0 unspecified atom stereocenters. The monoisotopic (exact) mass is 557 g/mol. The second kappa shape index (κ2) is 10.1. The van der Waals surface area contributed by atoms with E-state index in [1.165, 1.54) is 36.9 Å². The average Bonchev–Trinajstić information content (AvgIpc) is 3.54. The van der Waals surface area contributed by atoms with E-state index in [1.807, 2.05) is 35.0 Å². The third-order valence-electron chi connectivity index (χ3n) is 4.92. The summed E-state index contributed by atoms with van der Waals surface area (Å²) >= 11 is 29.4. The molecule has 2 aromatic carbocycles. The standard InChI is InChI=1S/C23H15Cl4NO3S2/c1-30-22-11(15-5-3-7-32-15)9-13(17(24)19(22)26)21(28-29)14-10-12(16-6-4-8-33-16)23(31-2)20(27)18(14)25/h3-10,29H,1-2H3. The lowest BCUT2D eigenvalue weighted by molar-refractivity contribution is 0.319. The number of rotatable bonds is 6. The smallest absolute Gasteiger partial charge is 0.147 e. The zero-order valence-electron chi connectivity index (χ0n) is 17.2. The lowest BCUT2D eigenvalue weighted by Gasteiger charge is -2.18. The molecule has 0 saturated heterocycles. The number of nitrogens with zero attached hydrogens (tertiary/aromatic N) is 1. The van der Waals surface area contributed by atoms with E-state index in [-0.39, 0.29) is 25.8 Å². The molecule has 10 heteroatoms. The van der Waals surface area contributed by atoms with Gasteiger partial charge in [-0.25, -0.2) is 0 Å². The molecule has 33 heavy (non-hydrogen) atoms. The first kappa shape index (κ1) is 24.2. The molecular formula is C23H15Cl4NO3S2. The van der Waals surface area contributed by atoms with Crippen LogP contribution in [0.1, 0.15) is 11.1 Å². The second-order valence-corrected chi connectivity index (χ2v) is 10.1. The molecule has 2 aromatic heterocycles. The topological polar surface area (TPSA) is 51.0 Å². The maximum absolute atomic E-state index is 10.1. The quantitative estimate of drug-likeness (QED) is 0.146. The van der Waals surface area contributed by atoms with Gasteiger partial charge in [0.1, 0.15) is 27.3 Å². The summed E-state index contributed by atoms with van der Waals surface area (Å²) in [5, 5.41) is 18.2. The third-order valence-corrected chi connectivity index (χ3v) is 8.42. The van der Waals surface area contributed by atoms with Crippen molar-refractivity contribution in [3.8, 4) is 32.4 Å². The highest BCUT2D eigenvalue weighted by molar-refractivity contribution is 7.13. The molecule has 0 atom stereocenters. The van der Waals surface area contributed by atoms with Gasteiger partial charge in [-0.2, -0.15) is 0 Å². The minimum atomic E-state index is 0.106. The molecule has 0 radical (unpaired) electrons. The normalized spacial score (nSPS) is 10.8. The average molecular weight is 559 g/mol. The van der Waals surface area contributed by atoms with Crippen LogP contribution in [0.5, 0.6) is 11.5 Å². The number of ether oxygens (including phenoxy) is 2. The van der Waals surface area contributed by atoms with Crippen LogP contribution < -0.4 is 9.47 Å². The summed E-state index contributed by atoms with van der Waals surface area (Å²) in [6, 6.07) is 11.2. The maximum atomic E-state index is 10.1. The van der Waals surface area contributed by atoms with E-state index in [2.05, 4.69) is 5.16 Å². The minimum Gasteiger partial charge on any atom is -0.494 e. The number of oxime groups is 1. The Morgan fingerprint density at radius 1 is 0.758 bits per heavy atom. The van der Waals surface area contributed by atoms with E-state index in [0.29, 0.717) is 33.8 Å². The first-order valence-electron chi connectivity index (χ1n) is 9.35. The molecular weight excluding hydrogens is 544 g/mol. The summed E-state index contributed by atoms with van der Waals surface area (Å²) in [5.74, 6) is 0.839. The van der Waals surface area contributed by atoms with Crippen molar-refractivity contribution in [2.24, 2.45) is 5.16 Å². The van der Waals surface area contributed by atoms with E-state index in [9.17, 15) is 5.21 Å². The highest BCUT2D eigenvalue weighted by Crippen LogP contribution is 2.47. The minimum absolute atomic E-state index is 0.106. The number of hydrogen-bond acceptors (Lipinski definition) is 6. The van der Waals surface area contributed by atoms with Crippen LogP contribution in [0.15, 0.2) is 52.3 Å². The Kier molecular flexibility index (Phi) is 7.43. The van der Waals surface area contributed by atoms with Crippen molar-refractivity contribution in [1.29, 1.82) is 0 Å². The Morgan fingerprint density at radius 3 is 1.48 bits per heavy atom. The molecule has 4 aromatic rings. The molecule has 0 amide bonds. The molecule has 1 N–H and O–H groups in total. The van der Waals surface area contributed by atoms with Gasteiger partial charge in [0.2, 0.25) is 0 Å². The lowest BCUT2D eigenvalue weighted by Crippen LogP contribution is -2.08. The Morgan fingerprint density at radius 2 is 1.18 bits per heavy atom. The number of halogens is 4. The summed E-state index contributed by atoms with van der Waals surface area (Å²) in [6.07, 6.45) is 0. The van der Waals surface area contributed by atoms with Gasteiger partial charge in [-0.15, -0.1) is 22.7 Å². The summed E-state index contributed by atoms with van der Waals surface area (Å²) in [6.45, 7) is 0. The van der Waals surface area contributed by atoms with Gasteiger partial charge in [-0.1, -0.05) is 63.7 Å². The van der Waals surface area contributed by atoms with Crippen LogP contribution >= 0.6 is 69.1 Å². The predicted octanol–water partition coefficient (Wildman–Crippen LogP) is 9.00. The molecule has 170 valence electrons. The van der Waals surface area contributed by atoms with Crippen molar-refractivity contribution in [1.82, 2.24) is 0 Å². The zero-order chi connectivity index (χ0) is 23.7. The molecule has 0 fully saturated rings. The Labute approximate surface area is 218 Å². The fraction of sp³-hybridized carbons (Fsp3) is 0.0870. The SMILES string of the molecule is COc1c(-c2cccs2)cc(C(=NO)c2cc(-c3cccs3)c(OC)c(Cl)c2Cl)c(Cl)c1Cl. The van der Waals surface area contributed by atoms with Crippen LogP contribution in [0.3, 0.4) is 0 Å². The first-order valence-corrected chi connectivity index (χ1v) is 12.6. The van der Waals surface area contributed by atoms with E-state index >= 15 is 0 Å². The molecule has 0 spiro atoms. The van der Waals surface area contributed by atoms with Gasteiger partial charge in [0, 0.05) is 32.0 Å². The van der Waals surface area contributed by atoms with Crippen molar-refractivity contribution in [2.45, 2.75) is 0 Å². The van der Waals surface area contributed by atoms with Gasteiger partial charge in [0.15, 0.2) is 0 Å². The van der Waals surface area contributed by atoms with Crippen LogP contribution in [0.4, 0.5) is 0 Å². The fourth-order valence-corrected chi connectivity index (χ4v) is 5.95. The third kappa shape index (κ3) is 4.32. The van der Waals surface area contributed by atoms with Gasteiger partial charge >= 0.3 is 0 Å². The van der Waals surface area contributed by atoms with Gasteiger partial charge in [0.25, 0.3) is 0 Å². The number of thiophene rings is 2. The Balaban J connectivity index is 1.99. The largest absolute Gasteiger partial charge is 0.494 e. The first-order chi connectivity index (χ1) is 15.9. The van der Waals surface area contributed by atoms with Crippen LogP contribution in [0.25, 0.3) is 20.9 Å². The summed E-state index contributed by atoms with van der Waals surface area (Å²) in [5.41, 5.74) is 2.25. The molecule has 0 aliphatic heterocycles. The van der Waals surface area contributed by atoms with Crippen molar-refractivity contribution in [3.63, 3.8) is 0 Å². The van der Waals surface area contributed by atoms with Crippen LogP contribution in [0, 0.1) is 0 Å². The van der Waals surface area contributed by atoms with E-state index in [1.54, 1.807) is 12.1 Å². The Bertz CT molecular complexity index is 1240. The lowest BCUT2D eigenvalue weighted by atomic mass is 9.96. The van der Waals surface area contributed by atoms with Gasteiger partial charge in [-0.05, 0) is 35.0 Å². The van der Waals surface area contributed by atoms with Crippen molar-refractivity contribution in [2.75, 3.05) is 14.2 Å². The second-order valence-electron chi connectivity index (χ2n) is 6.67. The number of methoxy groups -OCH3 is 2. The molecule has 4 nitrogen and oxygen atoms in total. The predicted molar refractivity (Wildman–Crippen MR) is 140 cm³/mol. The summed E-state index contributed by atoms with van der Waals surface area (Å²) < 4.78 is 11.0. The Hall–Kier alpha value is -1.93. The van der Waals surface area contributed by atoms with Crippen LogP contribution in [0.2, 0.25) is 20.1 Å². The zero-order valence-corrected chi connectivity index (χ0v) is 21.8. The van der Waals surface area contributed by atoms with Crippen LogP contribution in [-0.4, -0.2) is 25.1 Å². The number of benzene rings is 2. The van der Waals surface area contributed by atoms with Gasteiger partial charge < -0.3 is 14.7 Å². The van der Waals surface area contributed by atoms with E-state index in [0.717, 1.165) is 9.75 Å². The van der Waals surface area contributed by atoms with E-state index < -0.39 is 0 Å². The molecule has 4 rings (SSSR count). The molecule has 0 saturated carbocycles. The maximum Gasteiger partial charge on any atom is 0.147 e. The van der Waals surface area contributed by atoms with Crippen molar-refractivity contribution >= 4 is 74.8 Å². The van der Waals surface area contributed by atoms with Gasteiger partial charge in [0.05, 0.1) is 24.3 Å². The molecule has 0 aliphatic carbocycles. The highest BCUT2D eigenvalue weighted by atomic mass is 35.5. The van der Waals surface area contributed by atoms with Crippen LogP contribution in [-0.2, 0) is 0 Å². The van der Waals surface area contributed by atoms with E-state index in [4.69, 9.17) is 55.9 Å². The van der Waals surface area contributed by atoms with Gasteiger partial charge in [-0.3, -0.25) is 0 Å². The highest BCUT2D eigenvalue weighted by Gasteiger charge is 2.26. The molecule has 2 heterocycles. The number of hydrogen-bond donors (Lipinski definition) is 1. The molecule has 0 aliphatic rings. The van der Waals surface area contributed by atoms with Crippen molar-refractivity contribution < 1.29 is 14.7 Å². The summed E-state index contributed by atoms with van der Waals surface area (Å²) in [4.78, 5) is 1.81. The fourth-order valence-electron chi connectivity index (χ4n) is 3.45. The summed E-state index contributed by atoms with van der Waals surface area (Å²) in [7, 11) is 3.03.